The zero-order chi connectivity index (χ0) is 12.5. The molecule has 0 aromatic heterocycles. The lowest BCUT2D eigenvalue weighted by atomic mass is 10.1. The van der Waals surface area contributed by atoms with E-state index in [0.717, 1.165) is 5.56 Å². The molecule has 0 fully saturated rings. The molecular formula is C13H20N2O2. The molecular weight excluding hydrogens is 216 g/mol. The summed E-state index contributed by atoms with van der Waals surface area (Å²) in [5.41, 5.74) is 6.98. The van der Waals surface area contributed by atoms with Crippen LogP contribution in [0.1, 0.15) is 24.9 Å². The third-order valence-corrected chi connectivity index (χ3v) is 2.42. The number of ether oxygens (including phenoxy) is 1. The molecule has 0 aliphatic carbocycles. The summed E-state index contributed by atoms with van der Waals surface area (Å²) in [4.78, 5) is 11.4. The summed E-state index contributed by atoms with van der Waals surface area (Å²) < 4.78 is 5.10. The second-order valence-electron chi connectivity index (χ2n) is 3.77. The van der Waals surface area contributed by atoms with Crippen LogP contribution in [0.5, 0.6) is 0 Å². The molecule has 1 amide bonds. The summed E-state index contributed by atoms with van der Waals surface area (Å²) in [5.74, 6) is -0.0233. The molecule has 0 aliphatic heterocycles. The van der Waals surface area contributed by atoms with Crippen LogP contribution in [-0.2, 0) is 9.53 Å². The van der Waals surface area contributed by atoms with Gasteiger partial charge in [0, 0.05) is 25.6 Å². The summed E-state index contributed by atoms with van der Waals surface area (Å²) >= 11 is 0. The highest BCUT2D eigenvalue weighted by Gasteiger charge is 2.07. The first-order valence-corrected chi connectivity index (χ1v) is 5.89. The maximum Gasteiger partial charge on any atom is 0.222 e. The van der Waals surface area contributed by atoms with Crippen LogP contribution in [0, 0.1) is 0 Å². The van der Waals surface area contributed by atoms with Gasteiger partial charge in [0.2, 0.25) is 5.91 Å². The predicted octanol–water partition coefficient (Wildman–Crippen LogP) is 1.23. The van der Waals surface area contributed by atoms with Crippen molar-refractivity contribution in [1.82, 2.24) is 5.32 Å². The highest BCUT2D eigenvalue weighted by atomic mass is 16.5. The Hall–Kier alpha value is -1.39. The van der Waals surface area contributed by atoms with Crippen molar-refractivity contribution in [2.24, 2.45) is 5.73 Å². The Morgan fingerprint density at radius 1 is 1.41 bits per heavy atom. The van der Waals surface area contributed by atoms with Crippen LogP contribution in [0.4, 0.5) is 0 Å². The molecule has 0 spiro atoms. The van der Waals surface area contributed by atoms with Crippen molar-refractivity contribution in [3.8, 4) is 0 Å². The van der Waals surface area contributed by atoms with Crippen LogP contribution in [0.25, 0.3) is 0 Å². The van der Waals surface area contributed by atoms with Crippen LogP contribution in [-0.4, -0.2) is 25.7 Å². The number of carbonyl (C=O) groups is 1. The Kier molecular flexibility index (Phi) is 6.29. The molecule has 1 atom stereocenters. The van der Waals surface area contributed by atoms with Gasteiger partial charge >= 0.3 is 0 Å². The number of hydrogen-bond donors (Lipinski definition) is 2. The molecule has 1 aromatic carbocycles. The minimum atomic E-state index is -0.160. The Morgan fingerprint density at radius 2 is 2.12 bits per heavy atom. The van der Waals surface area contributed by atoms with Gasteiger partial charge in [-0.2, -0.15) is 0 Å². The van der Waals surface area contributed by atoms with E-state index in [1.165, 1.54) is 0 Å². The van der Waals surface area contributed by atoms with Gasteiger partial charge in [-0.3, -0.25) is 4.79 Å². The molecule has 1 unspecified atom stereocenters. The number of nitrogens with two attached hydrogens (primary N) is 1. The maximum absolute atomic E-state index is 11.4. The third-order valence-electron chi connectivity index (χ3n) is 2.42. The lowest BCUT2D eigenvalue weighted by molar-refractivity contribution is -0.122. The van der Waals surface area contributed by atoms with Crippen LogP contribution in [0.2, 0.25) is 0 Å². The van der Waals surface area contributed by atoms with Gasteiger partial charge in [-0.25, -0.2) is 0 Å². The third kappa shape index (κ3) is 5.47. The average Bonchev–Trinajstić information content (AvgIpc) is 2.37. The number of amides is 1. The van der Waals surface area contributed by atoms with Crippen LogP contribution in [0.15, 0.2) is 30.3 Å². The number of nitrogens with one attached hydrogen (secondary N) is 1. The van der Waals surface area contributed by atoms with E-state index in [1.54, 1.807) is 0 Å². The van der Waals surface area contributed by atoms with Crippen molar-refractivity contribution in [1.29, 1.82) is 0 Å². The van der Waals surface area contributed by atoms with E-state index < -0.39 is 0 Å². The molecule has 3 N–H and O–H groups in total. The Labute approximate surface area is 102 Å². The van der Waals surface area contributed by atoms with Gasteiger partial charge in [0.15, 0.2) is 0 Å². The van der Waals surface area contributed by atoms with Gasteiger partial charge in [0.25, 0.3) is 0 Å². The minimum Gasteiger partial charge on any atom is -0.381 e. The van der Waals surface area contributed by atoms with Gasteiger partial charge in [0.1, 0.15) is 0 Å². The standard InChI is InChI=1S/C13H20N2O2/c1-2-17-9-8-13(16)15-10-12(14)11-6-4-3-5-7-11/h3-7,12H,2,8-10,14H2,1H3,(H,15,16). The normalized spacial score (nSPS) is 12.1. The van der Waals surface area contributed by atoms with Crippen molar-refractivity contribution in [2.45, 2.75) is 19.4 Å². The van der Waals surface area contributed by atoms with E-state index in [9.17, 15) is 4.79 Å². The van der Waals surface area contributed by atoms with E-state index in [1.807, 2.05) is 37.3 Å². The summed E-state index contributed by atoms with van der Waals surface area (Å²) in [6.45, 7) is 3.46. The summed E-state index contributed by atoms with van der Waals surface area (Å²) in [5, 5.41) is 2.80. The Morgan fingerprint density at radius 3 is 2.76 bits per heavy atom. The summed E-state index contributed by atoms with van der Waals surface area (Å²) in [6.07, 6.45) is 0.384. The fourth-order valence-corrected chi connectivity index (χ4v) is 1.44. The number of rotatable bonds is 7. The molecule has 1 rings (SSSR count). The molecule has 4 nitrogen and oxygen atoms in total. The first kappa shape index (κ1) is 13.7. The van der Waals surface area contributed by atoms with Crippen LogP contribution in [0.3, 0.4) is 0 Å². The molecule has 17 heavy (non-hydrogen) atoms. The van der Waals surface area contributed by atoms with Crippen molar-refractivity contribution in [3.05, 3.63) is 35.9 Å². The largest absolute Gasteiger partial charge is 0.381 e. The SMILES string of the molecule is CCOCCC(=O)NCC(N)c1ccccc1. The van der Waals surface area contributed by atoms with Crippen LogP contribution >= 0.6 is 0 Å². The molecule has 0 radical (unpaired) electrons. The zero-order valence-electron chi connectivity index (χ0n) is 10.2. The van der Waals surface area contributed by atoms with E-state index >= 15 is 0 Å². The molecule has 1 aromatic rings. The highest BCUT2D eigenvalue weighted by Crippen LogP contribution is 2.07. The van der Waals surface area contributed by atoms with Crippen LogP contribution < -0.4 is 11.1 Å². The minimum absolute atomic E-state index is 0.0233. The smallest absolute Gasteiger partial charge is 0.222 e. The first-order chi connectivity index (χ1) is 8.24. The van der Waals surface area contributed by atoms with Crippen molar-refractivity contribution in [3.63, 3.8) is 0 Å². The van der Waals surface area contributed by atoms with Gasteiger partial charge < -0.3 is 15.8 Å². The molecule has 0 bridgehead atoms. The molecule has 0 aliphatic rings. The van der Waals surface area contributed by atoms with Gasteiger partial charge in [-0.15, -0.1) is 0 Å². The van der Waals surface area contributed by atoms with Crippen molar-refractivity contribution >= 4 is 5.91 Å². The Balaban J connectivity index is 2.24. The van der Waals surface area contributed by atoms with E-state index in [4.69, 9.17) is 10.5 Å². The first-order valence-electron chi connectivity index (χ1n) is 5.89. The quantitative estimate of drug-likeness (QED) is 0.700. The summed E-state index contributed by atoms with van der Waals surface area (Å²) in [6, 6.07) is 9.57. The second-order valence-corrected chi connectivity index (χ2v) is 3.77. The maximum atomic E-state index is 11.4. The predicted molar refractivity (Wildman–Crippen MR) is 67.5 cm³/mol. The van der Waals surface area contributed by atoms with Gasteiger partial charge in [-0.1, -0.05) is 30.3 Å². The van der Waals surface area contributed by atoms with Gasteiger partial charge in [-0.05, 0) is 12.5 Å². The van der Waals surface area contributed by atoms with Crippen molar-refractivity contribution in [2.75, 3.05) is 19.8 Å². The Bertz CT molecular complexity index is 327. The topological polar surface area (TPSA) is 64.3 Å². The number of hydrogen-bond acceptors (Lipinski definition) is 3. The zero-order valence-corrected chi connectivity index (χ0v) is 10.2. The second kappa shape index (κ2) is 7.81. The van der Waals surface area contributed by atoms with E-state index in [0.29, 0.717) is 26.2 Å². The van der Waals surface area contributed by atoms with Gasteiger partial charge in [0.05, 0.1) is 6.61 Å². The molecule has 0 saturated heterocycles. The summed E-state index contributed by atoms with van der Waals surface area (Å²) in [7, 11) is 0. The molecule has 4 heteroatoms. The lowest BCUT2D eigenvalue weighted by Gasteiger charge is -2.13. The fraction of sp³-hybridized carbons (Fsp3) is 0.462. The highest BCUT2D eigenvalue weighted by molar-refractivity contribution is 5.76. The lowest BCUT2D eigenvalue weighted by Crippen LogP contribution is -2.32. The van der Waals surface area contributed by atoms with E-state index in [-0.39, 0.29) is 11.9 Å². The monoisotopic (exact) mass is 236 g/mol. The molecule has 94 valence electrons. The number of carbonyl (C=O) groups excluding carboxylic acids is 1. The average molecular weight is 236 g/mol. The number of benzene rings is 1. The van der Waals surface area contributed by atoms with Crippen molar-refractivity contribution < 1.29 is 9.53 Å². The van der Waals surface area contributed by atoms with E-state index in [2.05, 4.69) is 5.32 Å². The molecule has 0 saturated carbocycles. The fourth-order valence-electron chi connectivity index (χ4n) is 1.44. The molecule has 0 heterocycles.